The number of fused-ring (bicyclic) bond motifs is 1. The first-order chi connectivity index (χ1) is 14.0. The van der Waals surface area contributed by atoms with Gasteiger partial charge in [-0.1, -0.05) is 32.0 Å². The zero-order valence-electron chi connectivity index (χ0n) is 16.0. The van der Waals surface area contributed by atoms with Crippen LogP contribution in [0.25, 0.3) is 16.5 Å². The van der Waals surface area contributed by atoms with E-state index >= 15 is 0 Å². The number of rotatable bonds is 5. The molecule has 1 N–H and O–H groups in total. The molecule has 0 spiro atoms. The molecule has 4 aromatic rings. The van der Waals surface area contributed by atoms with Gasteiger partial charge in [-0.15, -0.1) is 5.10 Å². The molecule has 146 valence electrons. The van der Waals surface area contributed by atoms with Gasteiger partial charge in [0.2, 0.25) is 0 Å². The smallest absolute Gasteiger partial charge is 0.276 e. The standard InChI is InChI=1S/C20H19N7O2/c1-13(2)11-26-20(29)17-6-4-3-5-16(17)18(23-26)19(28)22-14-7-9-15(10-8-14)27-12-21-24-25-27/h3-10,12-13H,11H2,1-2H3,(H,22,28). The minimum Gasteiger partial charge on any atom is -0.321 e. The van der Waals surface area contributed by atoms with Gasteiger partial charge in [0.1, 0.15) is 6.33 Å². The van der Waals surface area contributed by atoms with Gasteiger partial charge in [-0.05, 0) is 46.7 Å². The molecule has 0 radical (unpaired) electrons. The maximum absolute atomic E-state index is 13.0. The van der Waals surface area contributed by atoms with Gasteiger partial charge in [0.25, 0.3) is 11.5 Å². The fourth-order valence-corrected chi connectivity index (χ4v) is 3.04. The molecule has 0 aliphatic carbocycles. The van der Waals surface area contributed by atoms with Gasteiger partial charge in [0.15, 0.2) is 5.69 Å². The third kappa shape index (κ3) is 3.75. The second kappa shape index (κ2) is 7.63. The minimum absolute atomic E-state index is 0.198. The van der Waals surface area contributed by atoms with Crippen molar-refractivity contribution in [1.29, 1.82) is 0 Å². The Bertz CT molecular complexity index is 1210. The Morgan fingerprint density at radius 2 is 1.79 bits per heavy atom. The number of carbonyl (C=O) groups excluding carboxylic acids is 1. The summed E-state index contributed by atoms with van der Waals surface area (Å²) in [7, 11) is 0. The average Bonchev–Trinajstić information content (AvgIpc) is 3.25. The molecule has 0 fully saturated rings. The fraction of sp³-hybridized carbons (Fsp3) is 0.200. The number of nitrogens with one attached hydrogen (secondary N) is 1. The lowest BCUT2D eigenvalue weighted by Gasteiger charge is -2.13. The first kappa shape index (κ1) is 18.5. The Morgan fingerprint density at radius 1 is 1.07 bits per heavy atom. The SMILES string of the molecule is CC(C)Cn1nc(C(=O)Nc2ccc(-n3cnnn3)cc2)c2ccccc2c1=O. The number of carbonyl (C=O) groups is 1. The van der Waals surface area contributed by atoms with Crippen LogP contribution < -0.4 is 10.9 Å². The van der Waals surface area contributed by atoms with Crippen molar-refractivity contribution in [3.05, 3.63) is 70.9 Å². The molecule has 29 heavy (non-hydrogen) atoms. The molecule has 0 atom stereocenters. The van der Waals surface area contributed by atoms with Gasteiger partial charge >= 0.3 is 0 Å². The Hall–Kier alpha value is -3.88. The molecule has 4 rings (SSSR count). The monoisotopic (exact) mass is 389 g/mol. The Balaban J connectivity index is 1.67. The molecule has 2 aromatic carbocycles. The van der Waals surface area contributed by atoms with Gasteiger partial charge in [-0.25, -0.2) is 9.36 Å². The Morgan fingerprint density at radius 3 is 2.45 bits per heavy atom. The second-order valence-corrected chi connectivity index (χ2v) is 7.03. The summed E-state index contributed by atoms with van der Waals surface area (Å²) in [5.74, 6) is -0.162. The number of anilines is 1. The summed E-state index contributed by atoms with van der Waals surface area (Å²) < 4.78 is 2.88. The molecular weight excluding hydrogens is 370 g/mol. The second-order valence-electron chi connectivity index (χ2n) is 7.03. The topological polar surface area (TPSA) is 108 Å². The van der Waals surface area contributed by atoms with E-state index in [1.54, 1.807) is 48.5 Å². The highest BCUT2D eigenvalue weighted by Crippen LogP contribution is 2.17. The van der Waals surface area contributed by atoms with Crippen LogP contribution in [-0.4, -0.2) is 35.9 Å². The molecule has 0 bridgehead atoms. The number of hydrogen-bond acceptors (Lipinski definition) is 6. The van der Waals surface area contributed by atoms with E-state index in [2.05, 4.69) is 25.9 Å². The van der Waals surface area contributed by atoms with Crippen LogP contribution in [0.1, 0.15) is 24.3 Å². The van der Waals surface area contributed by atoms with Crippen molar-refractivity contribution in [3.8, 4) is 5.69 Å². The zero-order chi connectivity index (χ0) is 20.4. The summed E-state index contributed by atoms with van der Waals surface area (Å²) in [5.41, 5.74) is 1.38. The van der Waals surface area contributed by atoms with Crippen LogP contribution in [0.3, 0.4) is 0 Å². The highest BCUT2D eigenvalue weighted by molar-refractivity contribution is 6.11. The highest BCUT2D eigenvalue weighted by atomic mass is 16.2. The lowest BCUT2D eigenvalue weighted by Crippen LogP contribution is -2.29. The lowest BCUT2D eigenvalue weighted by atomic mass is 10.1. The number of aromatic nitrogens is 6. The first-order valence-electron chi connectivity index (χ1n) is 9.17. The maximum atomic E-state index is 13.0. The normalized spacial score (nSPS) is 11.1. The third-order valence-corrected chi connectivity index (χ3v) is 4.36. The van der Waals surface area contributed by atoms with Gasteiger partial charge in [0, 0.05) is 17.6 Å². The molecule has 9 heteroatoms. The van der Waals surface area contributed by atoms with Gasteiger partial charge < -0.3 is 5.32 Å². The molecule has 0 aliphatic rings. The predicted molar refractivity (Wildman–Crippen MR) is 108 cm³/mol. The van der Waals surface area contributed by atoms with Crippen molar-refractivity contribution in [1.82, 2.24) is 30.0 Å². The zero-order valence-corrected chi connectivity index (χ0v) is 16.0. The van der Waals surface area contributed by atoms with Crippen LogP contribution >= 0.6 is 0 Å². The first-order valence-corrected chi connectivity index (χ1v) is 9.17. The molecule has 0 aliphatic heterocycles. The number of hydrogen-bond donors (Lipinski definition) is 1. The Labute approximate surface area is 166 Å². The number of benzene rings is 2. The van der Waals surface area contributed by atoms with Crippen molar-refractivity contribution in [2.24, 2.45) is 5.92 Å². The highest BCUT2D eigenvalue weighted by Gasteiger charge is 2.17. The number of nitrogens with zero attached hydrogens (tertiary/aromatic N) is 6. The van der Waals surface area contributed by atoms with Crippen LogP contribution in [0.15, 0.2) is 59.7 Å². The van der Waals surface area contributed by atoms with E-state index in [9.17, 15) is 9.59 Å². The molecule has 2 heterocycles. The predicted octanol–water partition coefficient (Wildman–Crippen LogP) is 2.28. The molecule has 0 saturated carbocycles. The summed E-state index contributed by atoms with van der Waals surface area (Å²) in [6, 6.07) is 14.1. The van der Waals surface area contributed by atoms with Crippen molar-refractivity contribution < 1.29 is 4.79 Å². The van der Waals surface area contributed by atoms with Crippen molar-refractivity contribution in [3.63, 3.8) is 0 Å². The molecule has 9 nitrogen and oxygen atoms in total. The van der Waals surface area contributed by atoms with Crippen LogP contribution in [0.2, 0.25) is 0 Å². The largest absolute Gasteiger partial charge is 0.321 e. The van der Waals surface area contributed by atoms with Crippen LogP contribution in [0.4, 0.5) is 5.69 Å². The summed E-state index contributed by atoms with van der Waals surface area (Å²) in [6.07, 6.45) is 1.49. The van der Waals surface area contributed by atoms with Gasteiger partial charge in [-0.3, -0.25) is 9.59 Å². The van der Waals surface area contributed by atoms with E-state index in [1.165, 1.54) is 15.7 Å². The number of amides is 1. The summed E-state index contributed by atoms with van der Waals surface area (Å²) in [5, 5.41) is 19.2. The van der Waals surface area contributed by atoms with Crippen molar-refractivity contribution >= 4 is 22.4 Å². The van der Waals surface area contributed by atoms with Crippen LogP contribution in [0.5, 0.6) is 0 Å². The van der Waals surface area contributed by atoms with E-state index in [1.807, 2.05) is 13.8 Å². The van der Waals surface area contributed by atoms with Gasteiger partial charge in [-0.2, -0.15) is 5.10 Å². The average molecular weight is 389 g/mol. The third-order valence-electron chi connectivity index (χ3n) is 4.36. The van der Waals surface area contributed by atoms with E-state index in [-0.39, 0.29) is 23.1 Å². The van der Waals surface area contributed by atoms with Crippen LogP contribution in [-0.2, 0) is 6.54 Å². The van der Waals surface area contributed by atoms with E-state index in [0.29, 0.717) is 23.0 Å². The summed E-state index contributed by atoms with van der Waals surface area (Å²) in [4.78, 5) is 25.7. The van der Waals surface area contributed by atoms with E-state index in [0.717, 1.165) is 5.69 Å². The molecule has 1 amide bonds. The molecular formula is C20H19N7O2. The molecule has 0 saturated heterocycles. The van der Waals surface area contributed by atoms with Gasteiger partial charge in [0.05, 0.1) is 11.1 Å². The Kier molecular flexibility index (Phi) is 4.86. The fourth-order valence-electron chi connectivity index (χ4n) is 3.04. The molecule has 0 unspecified atom stereocenters. The van der Waals surface area contributed by atoms with Crippen LogP contribution in [0, 0.1) is 5.92 Å². The summed E-state index contributed by atoms with van der Waals surface area (Å²) >= 11 is 0. The van der Waals surface area contributed by atoms with Crippen molar-refractivity contribution in [2.45, 2.75) is 20.4 Å². The lowest BCUT2D eigenvalue weighted by molar-refractivity contribution is 0.102. The minimum atomic E-state index is -0.381. The summed E-state index contributed by atoms with van der Waals surface area (Å²) in [6.45, 7) is 4.43. The maximum Gasteiger partial charge on any atom is 0.276 e. The van der Waals surface area contributed by atoms with E-state index < -0.39 is 0 Å². The number of tetrazole rings is 1. The quantitative estimate of drug-likeness (QED) is 0.561. The molecule has 2 aromatic heterocycles. The van der Waals surface area contributed by atoms with E-state index in [4.69, 9.17) is 0 Å². The van der Waals surface area contributed by atoms with Crippen molar-refractivity contribution in [2.75, 3.05) is 5.32 Å².